The van der Waals surface area contributed by atoms with Crippen LogP contribution in [0, 0.1) is 21.8 Å². The second-order valence-electron chi connectivity index (χ2n) is 5.65. The minimum absolute atomic E-state index is 0.0457. The minimum atomic E-state index is -0.978. The average Bonchev–Trinajstić information content (AvgIpc) is 2.99. The first-order valence-electron chi connectivity index (χ1n) is 7.56. The van der Waals surface area contributed by atoms with Gasteiger partial charge in [-0.2, -0.15) is 4.39 Å². The van der Waals surface area contributed by atoms with Crippen LogP contribution in [0.3, 0.4) is 0 Å². The molecule has 25 heavy (non-hydrogen) atoms. The van der Waals surface area contributed by atoms with Crippen molar-refractivity contribution in [3.63, 3.8) is 0 Å². The van der Waals surface area contributed by atoms with Gasteiger partial charge in [0.05, 0.1) is 10.8 Å². The zero-order chi connectivity index (χ0) is 18.0. The van der Waals surface area contributed by atoms with Gasteiger partial charge in [-0.25, -0.2) is 0 Å². The molecule has 3 rings (SSSR count). The third-order valence-corrected chi connectivity index (χ3v) is 3.97. The van der Waals surface area contributed by atoms with E-state index in [0.29, 0.717) is 5.69 Å². The molecule has 1 fully saturated rings. The largest absolute Gasteiger partial charge is 0.326 e. The lowest BCUT2D eigenvalue weighted by Gasteiger charge is -2.16. The molecule has 2 amide bonds. The van der Waals surface area contributed by atoms with Crippen LogP contribution >= 0.6 is 0 Å². The predicted molar refractivity (Wildman–Crippen MR) is 88.6 cm³/mol. The molecule has 128 valence electrons. The topological polar surface area (TPSA) is 92.5 Å². The lowest BCUT2D eigenvalue weighted by atomic mass is 10.1. The second kappa shape index (κ2) is 6.68. The van der Waals surface area contributed by atoms with E-state index in [9.17, 15) is 24.1 Å². The number of anilines is 2. The molecule has 0 saturated carbocycles. The molecule has 0 unspecified atom stereocenters. The highest BCUT2D eigenvalue weighted by molar-refractivity contribution is 6.03. The molecule has 1 aliphatic rings. The van der Waals surface area contributed by atoms with E-state index in [-0.39, 0.29) is 24.6 Å². The molecular formula is C17H14FN3O4. The SMILES string of the molecule is O=C(Nc1ccc(F)c([N+](=O)[O-])c1)[C@H]1CC(=O)N(c2ccccc2)C1. The summed E-state index contributed by atoms with van der Waals surface area (Å²) in [5.74, 6) is -2.17. The van der Waals surface area contributed by atoms with E-state index >= 15 is 0 Å². The first-order chi connectivity index (χ1) is 12.0. The monoisotopic (exact) mass is 343 g/mol. The number of hydrogen-bond acceptors (Lipinski definition) is 4. The third-order valence-electron chi connectivity index (χ3n) is 3.97. The van der Waals surface area contributed by atoms with Gasteiger partial charge in [0.1, 0.15) is 0 Å². The normalized spacial score (nSPS) is 16.8. The van der Waals surface area contributed by atoms with Crippen LogP contribution in [0.4, 0.5) is 21.5 Å². The maximum absolute atomic E-state index is 13.3. The number of rotatable bonds is 4. The van der Waals surface area contributed by atoms with Crippen molar-refractivity contribution in [3.05, 3.63) is 64.5 Å². The highest BCUT2D eigenvalue weighted by atomic mass is 19.1. The van der Waals surface area contributed by atoms with Crippen LogP contribution in [0.15, 0.2) is 48.5 Å². The Hall–Kier alpha value is -3.29. The fourth-order valence-electron chi connectivity index (χ4n) is 2.72. The van der Waals surface area contributed by atoms with E-state index in [1.807, 2.05) is 6.07 Å². The van der Waals surface area contributed by atoms with Crippen LogP contribution in [0.5, 0.6) is 0 Å². The zero-order valence-electron chi connectivity index (χ0n) is 13.0. The van der Waals surface area contributed by atoms with Gasteiger partial charge in [-0.05, 0) is 24.3 Å². The van der Waals surface area contributed by atoms with Crippen molar-refractivity contribution in [3.8, 4) is 0 Å². The minimum Gasteiger partial charge on any atom is -0.326 e. The van der Waals surface area contributed by atoms with E-state index in [0.717, 1.165) is 12.1 Å². The molecule has 1 atom stereocenters. The fraction of sp³-hybridized carbons (Fsp3) is 0.176. The Balaban J connectivity index is 1.71. The van der Waals surface area contributed by atoms with Crippen LogP contribution in [0.25, 0.3) is 0 Å². The Labute approximate surface area is 142 Å². The standard InChI is InChI=1S/C17H14FN3O4/c18-14-7-6-12(9-15(14)21(24)25)19-17(23)11-8-16(22)20(10-11)13-4-2-1-3-5-13/h1-7,9,11H,8,10H2,(H,19,23)/t11-/m0/s1. The predicted octanol–water partition coefficient (Wildman–Crippen LogP) is 2.73. The van der Waals surface area contributed by atoms with Crippen molar-refractivity contribution in [2.24, 2.45) is 5.92 Å². The van der Waals surface area contributed by atoms with Crippen molar-refractivity contribution in [2.75, 3.05) is 16.8 Å². The number of nitrogens with one attached hydrogen (secondary N) is 1. The Morgan fingerprint density at radius 3 is 2.64 bits per heavy atom. The van der Waals surface area contributed by atoms with Crippen LogP contribution in [0.1, 0.15) is 6.42 Å². The summed E-state index contributed by atoms with van der Waals surface area (Å²) in [6, 6.07) is 12.1. The van der Waals surface area contributed by atoms with Crippen molar-refractivity contribution in [1.29, 1.82) is 0 Å². The molecule has 0 aliphatic carbocycles. The van der Waals surface area contributed by atoms with Crippen molar-refractivity contribution in [1.82, 2.24) is 0 Å². The lowest BCUT2D eigenvalue weighted by Crippen LogP contribution is -2.28. The molecule has 0 spiro atoms. The van der Waals surface area contributed by atoms with E-state index in [1.165, 1.54) is 11.0 Å². The summed E-state index contributed by atoms with van der Waals surface area (Å²) in [5, 5.41) is 13.3. The number of carbonyl (C=O) groups is 2. The van der Waals surface area contributed by atoms with E-state index in [1.54, 1.807) is 24.3 Å². The van der Waals surface area contributed by atoms with Gasteiger partial charge >= 0.3 is 5.69 Å². The molecule has 1 saturated heterocycles. The smallest absolute Gasteiger partial charge is 0.306 e. The van der Waals surface area contributed by atoms with Gasteiger partial charge in [-0.1, -0.05) is 18.2 Å². The first kappa shape index (κ1) is 16.6. The van der Waals surface area contributed by atoms with E-state index in [4.69, 9.17) is 0 Å². The van der Waals surface area contributed by atoms with Gasteiger partial charge in [-0.3, -0.25) is 19.7 Å². The number of amides is 2. The number of hydrogen-bond donors (Lipinski definition) is 1. The average molecular weight is 343 g/mol. The van der Waals surface area contributed by atoms with E-state index < -0.39 is 28.3 Å². The molecule has 2 aromatic rings. The maximum Gasteiger partial charge on any atom is 0.306 e. The van der Waals surface area contributed by atoms with E-state index in [2.05, 4.69) is 5.32 Å². The molecule has 1 N–H and O–H groups in total. The van der Waals surface area contributed by atoms with Crippen LogP contribution < -0.4 is 10.2 Å². The summed E-state index contributed by atoms with van der Waals surface area (Å²) in [6.45, 7) is 0.220. The molecule has 1 heterocycles. The number of nitro groups is 1. The van der Waals surface area contributed by atoms with Gasteiger partial charge in [-0.15, -0.1) is 0 Å². The van der Waals surface area contributed by atoms with Gasteiger partial charge in [0.2, 0.25) is 17.6 Å². The number of benzene rings is 2. The highest BCUT2D eigenvalue weighted by Crippen LogP contribution is 2.27. The molecule has 0 bridgehead atoms. The second-order valence-corrected chi connectivity index (χ2v) is 5.65. The zero-order valence-corrected chi connectivity index (χ0v) is 13.0. The van der Waals surface area contributed by atoms with Crippen LogP contribution in [0.2, 0.25) is 0 Å². The molecule has 0 radical (unpaired) electrons. The fourth-order valence-corrected chi connectivity index (χ4v) is 2.72. The molecule has 7 nitrogen and oxygen atoms in total. The van der Waals surface area contributed by atoms with Gasteiger partial charge < -0.3 is 10.2 Å². The van der Waals surface area contributed by atoms with Crippen molar-refractivity contribution < 1.29 is 18.9 Å². The number of para-hydroxylation sites is 1. The van der Waals surface area contributed by atoms with Gasteiger partial charge in [0.15, 0.2) is 0 Å². The lowest BCUT2D eigenvalue weighted by molar-refractivity contribution is -0.387. The molecular weight excluding hydrogens is 329 g/mol. The summed E-state index contributed by atoms with van der Waals surface area (Å²) < 4.78 is 13.3. The van der Waals surface area contributed by atoms with Gasteiger partial charge in [0.25, 0.3) is 0 Å². The number of carbonyl (C=O) groups excluding carboxylic acids is 2. The Morgan fingerprint density at radius 1 is 1.24 bits per heavy atom. The summed E-state index contributed by atoms with van der Waals surface area (Å²) >= 11 is 0. The quantitative estimate of drug-likeness (QED) is 0.682. The summed E-state index contributed by atoms with van der Waals surface area (Å²) in [7, 11) is 0. The Kier molecular flexibility index (Phi) is 4.42. The number of nitrogens with zero attached hydrogens (tertiary/aromatic N) is 2. The Morgan fingerprint density at radius 2 is 1.96 bits per heavy atom. The van der Waals surface area contributed by atoms with Gasteiger partial charge in [0, 0.05) is 30.4 Å². The van der Waals surface area contributed by atoms with Crippen molar-refractivity contribution in [2.45, 2.75) is 6.42 Å². The summed E-state index contributed by atoms with van der Waals surface area (Å²) in [5.41, 5.74) is 0.107. The number of halogens is 1. The first-order valence-corrected chi connectivity index (χ1v) is 7.56. The van der Waals surface area contributed by atoms with Crippen LogP contribution in [-0.2, 0) is 9.59 Å². The molecule has 8 heteroatoms. The molecule has 0 aromatic heterocycles. The molecule has 2 aromatic carbocycles. The molecule has 1 aliphatic heterocycles. The Bertz CT molecular complexity index is 841. The number of nitro benzene ring substituents is 1. The van der Waals surface area contributed by atoms with Crippen LogP contribution in [-0.4, -0.2) is 23.3 Å². The summed E-state index contributed by atoms with van der Waals surface area (Å²) in [4.78, 5) is 35.9. The highest BCUT2D eigenvalue weighted by Gasteiger charge is 2.35. The van der Waals surface area contributed by atoms with Crippen molar-refractivity contribution >= 4 is 28.9 Å². The maximum atomic E-state index is 13.3. The third kappa shape index (κ3) is 3.47. The summed E-state index contributed by atoms with van der Waals surface area (Å²) in [6.07, 6.45) is 0.0457.